The summed E-state index contributed by atoms with van der Waals surface area (Å²) in [5.41, 5.74) is 33.3. The molecule has 0 bridgehead atoms. The van der Waals surface area contributed by atoms with E-state index < -0.39 is 0 Å². The van der Waals surface area contributed by atoms with E-state index in [-0.39, 0.29) is 0 Å². The monoisotopic (exact) mass is 1450 g/mol. The van der Waals surface area contributed by atoms with E-state index in [0.29, 0.717) is 0 Å². The summed E-state index contributed by atoms with van der Waals surface area (Å²) in [5, 5.41) is 12.1. The molecule has 0 spiro atoms. The standard InChI is InChI=1S/C103H79N5S2/c1-10-105-86-34-18-17-33-85(86)104-103(105)73-43-49-80(50-44-73)108-89-59-87(106(81-51-37-69-27-11-13-29-74(69)57-81)78-45-39-71(40-46-78)95-65(6)53-76(54-66(95)7)93-61(2)23-21-24-62(93)3)97-83-31-15-19-35-91(83)109-101(97)99(89)100-90(108)60-88(98-84-32-16-20-36-92(84)110-102(98)100)107(82-52-38-70-28-12-14-30-75(70)58-82)79-47-41-72(42-48-79)96-67(8)55-77(56-68(96)9)94-63(4)25-22-26-64(94)5/h11-60H,10H2,1-9H3. The highest BCUT2D eigenvalue weighted by atomic mass is 32.1. The molecule has 0 saturated carbocycles. The molecule has 20 rings (SSSR count). The van der Waals surface area contributed by atoms with E-state index in [0.717, 1.165) is 79.8 Å². The molecule has 0 aliphatic heterocycles. The maximum atomic E-state index is 5.32. The Labute approximate surface area is 649 Å². The molecule has 0 unspecified atom stereocenters. The van der Waals surface area contributed by atoms with Gasteiger partial charge in [-0.25, -0.2) is 4.98 Å². The average molecular weight is 1450 g/mol. The third-order valence-corrected chi connectivity index (χ3v) is 25.6. The Morgan fingerprint density at radius 1 is 0.300 bits per heavy atom. The number of fused-ring (bicyclic) bond motifs is 14. The lowest BCUT2D eigenvalue weighted by atomic mass is 9.88. The zero-order valence-corrected chi connectivity index (χ0v) is 64.8. The van der Waals surface area contributed by atoms with Crippen LogP contribution < -0.4 is 9.80 Å². The highest BCUT2D eigenvalue weighted by molar-refractivity contribution is 7.28. The fourth-order valence-corrected chi connectivity index (χ4v) is 21.0. The van der Waals surface area contributed by atoms with Crippen LogP contribution in [-0.4, -0.2) is 14.1 Å². The summed E-state index contributed by atoms with van der Waals surface area (Å²) in [6.07, 6.45) is 0. The first-order valence-corrected chi connectivity index (χ1v) is 39.9. The minimum absolute atomic E-state index is 0.792. The van der Waals surface area contributed by atoms with Crippen LogP contribution in [-0.2, 0) is 6.54 Å². The first kappa shape index (κ1) is 66.8. The molecule has 528 valence electrons. The Balaban J connectivity index is 0.865. The third kappa shape index (κ3) is 10.8. The van der Waals surface area contributed by atoms with Gasteiger partial charge >= 0.3 is 0 Å². The molecule has 20 aromatic rings. The fraction of sp³-hybridized carbons (Fsp3) is 0.0971. The van der Waals surface area contributed by atoms with Crippen molar-refractivity contribution in [3.8, 4) is 61.6 Å². The highest BCUT2D eigenvalue weighted by Crippen LogP contribution is 2.57. The smallest absolute Gasteiger partial charge is 0.141 e. The first-order chi connectivity index (χ1) is 53.8. The van der Waals surface area contributed by atoms with Gasteiger partial charge in [-0.1, -0.05) is 194 Å². The number of nitrogens with zero attached hydrogens (tertiary/aromatic N) is 5. The molecule has 0 aliphatic rings. The average Bonchev–Trinajstić information content (AvgIpc) is 1.52. The maximum Gasteiger partial charge on any atom is 0.141 e. The van der Waals surface area contributed by atoms with Crippen LogP contribution in [0.4, 0.5) is 34.1 Å². The lowest BCUT2D eigenvalue weighted by Crippen LogP contribution is -2.11. The molecule has 0 N–H and O–H groups in total. The number of imidazole rings is 1. The molecular weight excluding hydrogens is 1370 g/mol. The van der Waals surface area contributed by atoms with Crippen molar-refractivity contribution in [2.75, 3.05) is 9.80 Å². The normalized spacial score (nSPS) is 11.9. The molecular formula is C103H79N5S2. The molecule has 4 aromatic heterocycles. The Kier molecular flexibility index (Phi) is 16.0. The molecule has 4 heterocycles. The lowest BCUT2D eigenvalue weighted by molar-refractivity contribution is 0.796. The van der Waals surface area contributed by atoms with Crippen molar-refractivity contribution in [3.05, 3.63) is 348 Å². The van der Waals surface area contributed by atoms with Gasteiger partial charge in [0, 0.05) is 91.7 Å². The predicted octanol–water partition coefficient (Wildman–Crippen LogP) is 29.9. The SMILES string of the molecule is CCn1c(-c2ccc(-n3c4cc(N(c5ccc(-c6c(C)cc(-c7c(C)cccc7C)cc6C)cc5)c5ccc6ccccc6c5)c5c6ccccc6sc5c4c4c5sc6ccccc6c5c(N(c5ccc(-c6c(C)cc(-c7c(C)cccc7C)cc6C)cc5)c5ccc6ccccc6c5)cc43)cc2)nc2ccccc21. The van der Waals surface area contributed by atoms with Crippen molar-refractivity contribution in [1.82, 2.24) is 14.1 Å². The van der Waals surface area contributed by atoms with Crippen LogP contribution in [0.15, 0.2) is 303 Å². The van der Waals surface area contributed by atoms with Crippen LogP contribution in [0, 0.1) is 55.4 Å². The fourth-order valence-electron chi connectivity index (χ4n) is 18.4. The predicted molar refractivity (Wildman–Crippen MR) is 475 cm³/mol. The molecule has 110 heavy (non-hydrogen) atoms. The first-order valence-electron chi connectivity index (χ1n) is 38.3. The van der Waals surface area contributed by atoms with Crippen molar-refractivity contribution in [2.45, 2.75) is 68.9 Å². The Morgan fingerprint density at radius 2 is 0.682 bits per heavy atom. The van der Waals surface area contributed by atoms with E-state index in [2.05, 4.69) is 385 Å². The van der Waals surface area contributed by atoms with E-state index in [1.54, 1.807) is 0 Å². The van der Waals surface area contributed by atoms with E-state index >= 15 is 0 Å². The summed E-state index contributed by atoms with van der Waals surface area (Å²) < 4.78 is 9.91. The van der Waals surface area contributed by atoms with Gasteiger partial charge in [-0.3, -0.25) is 0 Å². The van der Waals surface area contributed by atoms with Gasteiger partial charge in [-0.2, -0.15) is 0 Å². The van der Waals surface area contributed by atoms with Crippen molar-refractivity contribution < 1.29 is 0 Å². The van der Waals surface area contributed by atoms with Crippen molar-refractivity contribution >= 4 is 152 Å². The van der Waals surface area contributed by atoms with Gasteiger partial charge in [0.1, 0.15) is 5.82 Å². The van der Waals surface area contributed by atoms with Crippen LogP contribution >= 0.6 is 22.7 Å². The molecule has 0 atom stereocenters. The maximum absolute atomic E-state index is 5.32. The number of aryl methyl sites for hydroxylation is 9. The second-order valence-corrected chi connectivity index (χ2v) is 32.2. The summed E-state index contributed by atoms with van der Waals surface area (Å²) in [6.45, 7) is 21.0. The molecule has 7 heteroatoms. The molecule has 0 fully saturated rings. The van der Waals surface area contributed by atoms with Crippen molar-refractivity contribution in [1.29, 1.82) is 0 Å². The number of anilines is 6. The van der Waals surface area contributed by atoms with Gasteiger partial charge < -0.3 is 18.9 Å². The van der Waals surface area contributed by atoms with E-state index in [9.17, 15) is 0 Å². The van der Waals surface area contributed by atoms with Gasteiger partial charge in [0.15, 0.2) is 0 Å². The van der Waals surface area contributed by atoms with E-state index in [4.69, 9.17) is 4.98 Å². The minimum Gasteiger partial charge on any atom is -0.324 e. The second-order valence-electron chi connectivity index (χ2n) is 30.1. The van der Waals surface area contributed by atoms with Crippen LogP contribution in [0.1, 0.15) is 51.4 Å². The zero-order valence-electron chi connectivity index (χ0n) is 63.1. The molecule has 0 radical (unpaired) electrons. The summed E-state index contributed by atoms with van der Waals surface area (Å²) in [5.74, 6) is 0.958. The number of hydrogen-bond donors (Lipinski definition) is 0. The largest absolute Gasteiger partial charge is 0.324 e. The number of thiophene rings is 2. The topological polar surface area (TPSA) is 29.2 Å². The van der Waals surface area contributed by atoms with Crippen LogP contribution in [0.25, 0.3) is 156 Å². The molecule has 0 amide bonds. The Hall–Kier alpha value is -12.7. The van der Waals surface area contributed by atoms with E-state index in [1.165, 1.54) is 162 Å². The summed E-state index contributed by atoms with van der Waals surface area (Å²) in [4.78, 5) is 10.4. The second kappa shape index (κ2) is 26.3. The minimum atomic E-state index is 0.792. The van der Waals surface area contributed by atoms with Gasteiger partial charge in [0.25, 0.3) is 0 Å². The van der Waals surface area contributed by atoms with Gasteiger partial charge in [0.05, 0.1) is 33.4 Å². The van der Waals surface area contributed by atoms with Gasteiger partial charge in [-0.15, -0.1) is 22.7 Å². The number of hydrogen-bond acceptors (Lipinski definition) is 5. The van der Waals surface area contributed by atoms with Crippen LogP contribution in [0.3, 0.4) is 0 Å². The van der Waals surface area contributed by atoms with Gasteiger partial charge in [0.2, 0.25) is 0 Å². The molecule has 5 nitrogen and oxygen atoms in total. The van der Waals surface area contributed by atoms with Gasteiger partial charge in [-0.05, 0) is 282 Å². The number of aromatic nitrogens is 3. The summed E-state index contributed by atoms with van der Waals surface area (Å²) >= 11 is 3.83. The number of benzene rings is 16. The highest BCUT2D eigenvalue weighted by Gasteiger charge is 2.31. The number of para-hydroxylation sites is 2. The third-order valence-electron chi connectivity index (χ3n) is 23.2. The lowest BCUT2D eigenvalue weighted by Gasteiger charge is -2.28. The molecule has 0 aliphatic carbocycles. The Morgan fingerprint density at radius 3 is 1.13 bits per heavy atom. The zero-order chi connectivity index (χ0) is 74.3. The van der Waals surface area contributed by atoms with Crippen molar-refractivity contribution in [3.63, 3.8) is 0 Å². The summed E-state index contributed by atoms with van der Waals surface area (Å²) in [6, 6.07) is 114. The van der Waals surface area contributed by atoms with E-state index in [1.807, 2.05) is 22.7 Å². The summed E-state index contributed by atoms with van der Waals surface area (Å²) in [7, 11) is 0. The van der Waals surface area contributed by atoms with Crippen molar-refractivity contribution in [2.24, 2.45) is 0 Å². The Bertz CT molecular complexity index is 6710. The molecule has 16 aromatic carbocycles. The van der Waals surface area contributed by atoms with Crippen LogP contribution in [0.5, 0.6) is 0 Å². The van der Waals surface area contributed by atoms with Crippen LogP contribution in [0.2, 0.25) is 0 Å². The molecule has 0 saturated heterocycles. The quantitative estimate of drug-likeness (QED) is 0.115. The number of rotatable bonds is 13.